The molecule has 1 aliphatic carbocycles. The molecule has 3 atom stereocenters. The molecule has 0 spiro atoms. The van der Waals surface area contributed by atoms with Gasteiger partial charge in [0.05, 0.1) is 12.1 Å². The maximum Gasteiger partial charge on any atom is 0.293 e. The molecule has 1 saturated carbocycles. The van der Waals surface area contributed by atoms with Crippen molar-refractivity contribution in [1.82, 2.24) is 19.3 Å². The third kappa shape index (κ3) is 4.26. The molecule has 2 aromatic heterocycles. The van der Waals surface area contributed by atoms with E-state index in [2.05, 4.69) is 20.3 Å². The fourth-order valence-electron chi connectivity index (χ4n) is 4.53. The van der Waals surface area contributed by atoms with Crippen LogP contribution in [0.2, 0.25) is 0 Å². The van der Waals surface area contributed by atoms with Crippen molar-refractivity contribution in [3.05, 3.63) is 45.2 Å². The second-order valence-electron chi connectivity index (χ2n) is 8.31. The molecule has 9 heteroatoms. The first-order valence-corrected chi connectivity index (χ1v) is 10.8. The molecule has 1 aliphatic heterocycles. The summed E-state index contributed by atoms with van der Waals surface area (Å²) in [6, 6.07) is 3.20. The van der Waals surface area contributed by atoms with Crippen LogP contribution in [0.3, 0.4) is 0 Å². The number of hydrogen-bond donors (Lipinski definition) is 2. The van der Waals surface area contributed by atoms with E-state index in [-0.39, 0.29) is 23.2 Å². The highest BCUT2D eigenvalue weighted by atomic mass is 16.3. The average Bonchev–Trinajstić information content (AvgIpc) is 2.76. The number of anilines is 2. The zero-order valence-corrected chi connectivity index (χ0v) is 17.4. The highest BCUT2D eigenvalue weighted by molar-refractivity contribution is 5.40. The monoisotopic (exact) mass is 414 g/mol. The smallest absolute Gasteiger partial charge is 0.293 e. The van der Waals surface area contributed by atoms with Crippen LogP contribution in [0.1, 0.15) is 51.0 Å². The van der Waals surface area contributed by atoms with E-state index in [1.165, 1.54) is 9.25 Å². The molecular formula is C21H30N6O3. The van der Waals surface area contributed by atoms with E-state index < -0.39 is 6.10 Å². The lowest BCUT2D eigenvalue weighted by molar-refractivity contribution is 0.0669. The lowest BCUT2D eigenvalue weighted by atomic mass is 9.93. The first kappa shape index (κ1) is 20.6. The molecule has 4 rings (SSSR count). The summed E-state index contributed by atoms with van der Waals surface area (Å²) in [5.74, 6) is 1.08. The molecule has 0 radical (unpaired) electrons. The van der Waals surface area contributed by atoms with Crippen LogP contribution in [0.25, 0.3) is 0 Å². The molecule has 2 aromatic rings. The van der Waals surface area contributed by atoms with Gasteiger partial charge in [0.25, 0.3) is 11.1 Å². The quantitative estimate of drug-likeness (QED) is 0.759. The first-order chi connectivity index (χ1) is 14.5. The number of rotatable bonds is 5. The third-order valence-corrected chi connectivity index (χ3v) is 6.26. The summed E-state index contributed by atoms with van der Waals surface area (Å²) >= 11 is 0. The van der Waals surface area contributed by atoms with E-state index in [1.54, 1.807) is 31.6 Å². The van der Waals surface area contributed by atoms with Crippen molar-refractivity contribution in [2.45, 2.75) is 63.1 Å². The molecule has 2 fully saturated rings. The number of hydrogen-bond acceptors (Lipinski definition) is 7. The second-order valence-corrected chi connectivity index (χ2v) is 8.31. The summed E-state index contributed by atoms with van der Waals surface area (Å²) in [5.41, 5.74) is -0.328. The Morgan fingerprint density at radius 1 is 1.13 bits per heavy atom. The molecule has 0 bridgehead atoms. The molecule has 3 unspecified atom stereocenters. The topological polar surface area (TPSA) is 105 Å². The Morgan fingerprint density at radius 2 is 1.93 bits per heavy atom. The van der Waals surface area contributed by atoms with E-state index in [1.807, 2.05) is 0 Å². The molecular weight excluding hydrogens is 384 g/mol. The van der Waals surface area contributed by atoms with Gasteiger partial charge in [-0.1, -0.05) is 12.8 Å². The highest BCUT2D eigenvalue weighted by Crippen LogP contribution is 2.28. The Kier molecular flexibility index (Phi) is 6.17. The predicted molar refractivity (Wildman–Crippen MR) is 115 cm³/mol. The Hall–Kier alpha value is -2.68. The number of aliphatic hydroxyl groups is 1. The fourth-order valence-corrected chi connectivity index (χ4v) is 4.53. The Balaban J connectivity index is 1.55. The summed E-state index contributed by atoms with van der Waals surface area (Å²) < 4.78 is 2.98. The molecule has 2 N–H and O–H groups in total. The number of nitrogens with zero attached hydrogens (tertiary/aromatic N) is 5. The van der Waals surface area contributed by atoms with Crippen LogP contribution in [0.5, 0.6) is 0 Å². The van der Waals surface area contributed by atoms with Crippen LogP contribution >= 0.6 is 0 Å². The Labute approximate surface area is 175 Å². The third-order valence-electron chi connectivity index (χ3n) is 6.26. The SMILES string of the molecule is Cn1ccnc(NCC2CCCCN2c2ccc(=O)n(C3CCCCC3O)n2)c1=O. The molecule has 3 heterocycles. The largest absolute Gasteiger partial charge is 0.391 e. The number of aliphatic hydroxyl groups excluding tert-OH is 1. The maximum atomic E-state index is 12.5. The lowest BCUT2D eigenvalue weighted by Crippen LogP contribution is -2.46. The van der Waals surface area contributed by atoms with Gasteiger partial charge in [-0.15, -0.1) is 0 Å². The zero-order chi connectivity index (χ0) is 21.1. The summed E-state index contributed by atoms with van der Waals surface area (Å²) in [4.78, 5) is 31.1. The first-order valence-electron chi connectivity index (χ1n) is 10.8. The van der Waals surface area contributed by atoms with Gasteiger partial charge in [-0.2, -0.15) is 5.10 Å². The van der Waals surface area contributed by atoms with Crippen molar-refractivity contribution >= 4 is 11.6 Å². The molecule has 0 amide bonds. The van der Waals surface area contributed by atoms with Crippen LogP contribution < -0.4 is 21.3 Å². The average molecular weight is 415 g/mol. The van der Waals surface area contributed by atoms with Gasteiger partial charge < -0.3 is 19.9 Å². The van der Waals surface area contributed by atoms with Crippen molar-refractivity contribution < 1.29 is 5.11 Å². The minimum atomic E-state index is -0.529. The van der Waals surface area contributed by atoms with Gasteiger partial charge in [0.15, 0.2) is 5.82 Å². The van der Waals surface area contributed by atoms with E-state index in [9.17, 15) is 14.7 Å². The van der Waals surface area contributed by atoms with Crippen molar-refractivity contribution in [3.8, 4) is 0 Å². The highest BCUT2D eigenvalue weighted by Gasteiger charge is 2.29. The molecule has 2 aliphatic rings. The van der Waals surface area contributed by atoms with E-state index in [0.717, 1.165) is 50.9 Å². The molecule has 9 nitrogen and oxygen atoms in total. The van der Waals surface area contributed by atoms with Gasteiger partial charge in [0.1, 0.15) is 5.82 Å². The number of nitrogens with one attached hydrogen (secondary N) is 1. The Morgan fingerprint density at radius 3 is 2.77 bits per heavy atom. The van der Waals surface area contributed by atoms with Gasteiger partial charge in [-0.05, 0) is 38.2 Å². The fraction of sp³-hybridized carbons (Fsp3) is 0.619. The standard InChI is InChI=1S/C21H30N6O3/c1-25-13-11-22-20(21(25)30)23-14-15-6-4-5-12-26(15)18-9-10-19(29)27(24-18)16-7-2-3-8-17(16)28/h9-11,13,15-17,28H,2-8,12,14H2,1H3,(H,22,23). The summed E-state index contributed by atoms with van der Waals surface area (Å²) in [7, 11) is 1.70. The molecule has 0 aromatic carbocycles. The van der Waals surface area contributed by atoms with Crippen molar-refractivity contribution in [1.29, 1.82) is 0 Å². The maximum absolute atomic E-state index is 12.5. The van der Waals surface area contributed by atoms with E-state index in [0.29, 0.717) is 18.8 Å². The summed E-state index contributed by atoms with van der Waals surface area (Å²) in [6.45, 7) is 1.41. The minimum absolute atomic E-state index is 0.139. The molecule has 162 valence electrons. The second kappa shape index (κ2) is 8.99. The van der Waals surface area contributed by atoms with Gasteiger partial charge in [-0.3, -0.25) is 9.59 Å². The minimum Gasteiger partial charge on any atom is -0.391 e. The Bertz CT molecular complexity index is 987. The number of piperidine rings is 1. The summed E-state index contributed by atoms with van der Waals surface area (Å²) in [5, 5.41) is 18.3. The van der Waals surface area contributed by atoms with Crippen molar-refractivity contribution in [3.63, 3.8) is 0 Å². The predicted octanol–water partition coefficient (Wildman–Crippen LogP) is 1.28. The van der Waals surface area contributed by atoms with Crippen molar-refractivity contribution in [2.24, 2.45) is 7.05 Å². The van der Waals surface area contributed by atoms with Crippen LogP contribution in [-0.4, -0.2) is 49.7 Å². The van der Waals surface area contributed by atoms with Gasteiger partial charge in [0, 0.05) is 44.6 Å². The van der Waals surface area contributed by atoms with Gasteiger partial charge in [0.2, 0.25) is 0 Å². The number of aromatic nitrogens is 4. The zero-order valence-electron chi connectivity index (χ0n) is 17.4. The van der Waals surface area contributed by atoms with Crippen LogP contribution in [0, 0.1) is 0 Å². The van der Waals surface area contributed by atoms with Crippen LogP contribution in [0.15, 0.2) is 34.1 Å². The lowest BCUT2D eigenvalue weighted by Gasteiger charge is -2.37. The van der Waals surface area contributed by atoms with Gasteiger partial charge in [-0.25, -0.2) is 9.67 Å². The van der Waals surface area contributed by atoms with E-state index in [4.69, 9.17) is 0 Å². The van der Waals surface area contributed by atoms with Crippen molar-refractivity contribution in [2.75, 3.05) is 23.3 Å². The van der Waals surface area contributed by atoms with Crippen LogP contribution in [-0.2, 0) is 7.05 Å². The number of aryl methyl sites for hydroxylation is 1. The molecule has 30 heavy (non-hydrogen) atoms. The van der Waals surface area contributed by atoms with Gasteiger partial charge >= 0.3 is 0 Å². The van der Waals surface area contributed by atoms with Crippen LogP contribution in [0.4, 0.5) is 11.6 Å². The van der Waals surface area contributed by atoms with E-state index >= 15 is 0 Å². The molecule has 1 saturated heterocycles. The normalized spacial score (nSPS) is 24.6. The summed E-state index contributed by atoms with van der Waals surface area (Å²) in [6.07, 6.45) is 9.28.